The Hall–Kier alpha value is -1.36. The molecule has 2 amide bonds. The van der Waals surface area contributed by atoms with E-state index in [1.807, 2.05) is 26.0 Å². The molecule has 1 aromatic rings. The van der Waals surface area contributed by atoms with Crippen LogP contribution in [0, 0.1) is 13.8 Å². The van der Waals surface area contributed by atoms with Crippen LogP contribution in [0.15, 0.2) is 16.6 Å². The Kier molecular flexibility index (Phi) is 3.67. The third-order valence-electron chi connectivity index (χ3n) is 3.43. The SMILES string of the molecule is Cc1cc(N2C(=O)C(C)NC(=O)C2C)cc(C)c1Br. The molecule has 0 bridgehead atoms. The number of anilines is 1. The minimum Gasteiger partial charge on any atom is -0.343 e. The fourth-order valence-electron chi connectivity index (χ4n) is 2.33. The van der Waals surface area contributed by atoms with Crippen LogP contribution >= 0.6 is 15.9 Å². The quantitative estimate of drug-likeness (QED) is 0.861. The lowest BCUT2D eigenvalue weighted by Gasteiger charge is -2.36. The van der Waals surface area contributed by atoms with Gasteiger partial charge < -0.3 is 5.32 Å². The van der Waals surface area contributed by atoms with E-state index in [0.29, 0.717) is 0 Å². The molecule has 1 aliphatic rings. The van der Waals surface area contributed by atoms with E-state index in [9.17, 15) is 9.59 Å². The average molecular weight is 325 g/mol. The molecule has 0 aromatic heterocycles. The van der Waals surface area contributed by atoms with Crippen molar-refractivity contribution >= 4 is 33.4 Å². The number of rotatable bonds is 1. The lowest BCUT2D eigenvalue weighted by Crippen LogP contribution is -2.61. The summed E-state index contributed by atoms with van der Waals surface area (Å²) in [5, 5.41) is 2.68. The smallest absolute Gasteiger partial charge is 0.250 e. The second kappa shape index (κ2) is 4.96. The zero-order chi connectivity index (χ0) is 14.3. The van der Waals surface area contributed by atoms with Crippen LogP contribution in [0.3, 0.4) is 0 Å². The van der Waals surface area contributed by atoms with Gasteiger partial charge in [-0.1, -0.05) is 15.9 Å². The predicted molar refractivity (Wildman–Crippen MR) is 78.2 cm³/mol. The molecule has 2 atom stereocenters. The highest BCUT2D eigenvalue weighted by atomic mass is 79.9. The Labute approximate surface area is 121 Å². The van der Waals surface area contributed by atoms with E-state index >= 15 is 0 Å². The van der Waals surface area contributed by atoms with Crippen molar-refractivity contribution in [3.05, 3.63) is 27.7 Å². The standard InChI is InChI=1S/C14H17BrN2O2/c1-7-5-11(6-8(2)12(7)15)17-10(4)13(18)16-9(3)14(17)19/h5-6,9-10H,1-4H3,(H,16,18). The van der Waals surface area contributed by atoms with Crippen LogP contribution in [0.25, 0.3) is 0 Å². The van der Waals surface area contributed by atoms with E-state index in [1.54, 1.807) is 18.7 Å². The van der Waals surface area contributed by atoms with Crippen LogP contribution in [0.1, 0.15) is 25.0 Å². The first-order valence-electron chi connectivity index (χ1n) is 6.23. The van der Waals surface area contributed by atoms with Crippen molar-refractivity contribution in [3.8, 4) is 0 Å². The molecule has 2 rings (SSSR count). The normalized spacial score (nSPS) is 23.5. The molecule has 1 fully saturated rings. The molecule has 102 valence electrons. The van der Waals surface area contributed by atoms with E-state index in [4.69, 9.17) is 0 Å². The van der Waals surface area contributed by atoms with E-state index in [0.717, 1.165) is 21.3 Å². The van der Waals surface area contributed by atoms with Crippen LogP contribution in [-0.4, -0.2) is 23.9 Å². The number of carbonyl (C=O) groups excluding carboxylic acids is 2. The summed E-state index contributed by atoms with van der Waals surface area (Å²) in [6.45, 7) is 7.40. The van der Waals surface area contributed by atoms with Gasteiger partial charge in [-0.3, -0.25) is 14.5 Å². The van der Waals surface area contributed by atoms with Gasteiger partial charge in [-0.2, -0.15) is 0 Å². The Balaban J connectivity index is 2.49. The fraction of sp³-hybridized carbons (Fsp3) is 0.429. The van der Waals surface area contributed by atoms with Crippen molar-refractivity contribution < 1.29 is 9.59 Å². The summed E-state index contributed by atoms with van der Waals surface area (Å²) in [5.41, 5.74) is 2.87. The number of aryl methyl sites for hydroxylation is 2. The van der Waals surface area contributed by atoms with Crippen LogP contribution in [-0.2, 0) is 9.59 Å². The molecule has 4 nitrogen and oxygen atoms in total. The maximum Gasteiger partial charge on any atom is 0.250 e. The predicted octanol–water partition coefficient (Wildman–Crippen LogP) is 2.31. The van der Waals surface area contributed by atoms with Gasteiger partial charge in [0.05, 0.1) is 0 Å². The molecule has 1 N–H and O–H groups in total. The molecular formula is C14H17BrN2O2. The van der Waals surface area contributed by atoms with Crippen molar-refractivity contribution in [1.29, 1.82) is 0 Å². The zero-order valence-corrected chi connectivity index (χ0v) is 13.0. The topological polar surface area (TPSA) is 49.4 Å². The highest BCUT2D eigenvalue weighted by molar-refractivity contribution is 9.10. The monoisotopic (exact) mass is 324 g/mol. The van der Waals surface area contributed by atoms with Crippen molar-refractivity contribution in [2.45, 2.75) is 39.8 Å². The average Bonchev–Trinajstić information content (AvgIpc) is 2.34. The lowest BCUT2D eigenvalue weighted by molar-refractivity contribution is -0.133. The van der Waals surface area contributed by atoms with Crippen LogP contribution in [0.2, 0.25) is 0 Å². The summed E-state index contributed by atoms with van der Waals surface area (Å²) in [7, 11) is 0. The third kappa shape index (κ3) is 2.39. The Morgan fingerprint density at radius 1 is 1.16 bits per heavy atom. The Morgan fingerprint density at radius 2 is 1.68 bits per heavy atom. The third-order valence-corrected chi connectivity index (χ3v) is 4.68. The van der Waals surface area contributed by atoms with Crippen LogP contribution in [0.4, 0.5) is 5.69 Å². The van der Waals surface area contributed by atoms with Gasteiger partial charge >= 0.3 is 0 Å². The number of benzene rings is 1. The Morgan fingerprint density at radius 3 is 2.21 bits per heavy atom. The number of nitrogens with zero attached hydrogens (tertiary/aromatic N) is 1. The molecule has 0 spiro atoms. The highest BCUT2D eigenvalue weighted by Gasteiger charge is 2.36. The van der Waals surface area contributed by atoms with E-state index in [2.05, 4.69) is 21.2 Å². The minimum absolute atomic E-state index is 0.0757. The highest BCUT2D eigenvalue weighted by Crippen LogP contribution is 2.29. The first-order valence-corrected chi connectivity index (χ1v) is 7.02. The maximum atomic E-state index is 12.3. The summed E-state index contributed by atoms with van der Waals surface area (Å²) in [6, 6.07) is 2.89. The van der Waals surface area contributed by atoms with Crippen molar-refractivity contribution in [1.82, 2.24) is 5.32 Å². The second-order valence-corrected chi connectivity index (χ2v) is 5.80. The van der Waals surface area contributed by atoms with Crippen molar-refractivity contribution in [3.63, 3.8) is 0 Å². The fourth-order valence-corrected chi connectivity index (χ4v) is 2.55. The molecule has 0 saturated carbocycles. The minimum atomic E-state index is -0.483. The molecule has 19 heavy (non-hydrogen) atoms. The molecule has 0 radical (unpaired) electrons. The second-order valence-electron chi connectivity index (χ2n) is 5.01. The maximum absolute atomic E-state index is 12.3. The zero-order valence-electron chi connectivity index (χ0n) is 11.5. The van der Waals surface area contributed by atoms with Crippen LogP contribution < -0.4 is 10.2 Å². The van der Waals surface area contributed by atoms with E-state index in [-0.39, 0.29) is 11.8 Å². The number of piperazine rings is 1. The van der Waals surface area contributed by atoms with Gasteiger partial charge in [-0.05, 0) is 51.0 Å². The summed E-state index contributed by atoms with van der Waals surface area (Å²) < 4.78 is 1.03. The van der Waals surface area contributed by atoms with Crippen molar-refractivity contribution in [2.75, 3.05) is 4.90 Å². The molecule has 1 aliphatic heterocycles. The lowest BCUT2D eigenvalue weighted by atomic mass is 10.1. The number of nitrogens with one attached hydrogen (secondary N) is 1. The number of hydrogen-bond donors (Lipinski definition) is 1. The molecule has 2 unspecified atom stereocenters. The van der Waals surface area contributed by atoms with Gasteiger partial charge in [0.25, 0.3) is 0 Å². The van der Waals surface area contributed by atoms with E-state index in [1.165, 1.54) is 0 Å². The first-order chi connectivity index (χ1) is 8.82. The number of hydrogen-bond acceptors (Lipinski definition) is 2. The number of halogens is 1. The summed E-state index contributed by atoms with van der Waals surface area (Å²) in [6.07, 6.45) is 0. The van der Waals surface area contributed by atoms with Gasteiger partial charge in [0.2, 0.25) is 11.8 Å². The summed E-state index contributed by atoms with van der Waals surface area (Å²) in [4.78, 5) is 25.7. The van der Waals surface area contributed by atoms with Gasteiger partial charge in [0, 0.05) is 10.2 Å². The summed E-state index contributed by atoms with van der Waals surface area (Å²) >= 11 is 3.51. The summed E-state index contributed by atoms with van der Waals surface area (Å²) in [5.74, 6) is -0.196. The number of amides is 2. The largest absolute Gasteiger partial charge is 0.343 e. The van der Waals surface area contributed by atoms with Gasteiger partial charge in [-0.15, -0.1) is 0 Å². The molecular weight excluding hydrogens is 308 g/mol. The van der Waals surface area contributed by atoms with Crippen molar-refractivity contribution in [2.24, 2.45) is 0 Å². The molecule has 5 heteroatoms. The van der Waals surface area contributed by atoms with Gasteiger partial charge in [0.15, 0.2) is 0 Å². The van der Waals surface area contributed by atoms with Crippen LogP contribution in [0.5, 0.6) is 0 Å². The Bertz CT molecular complexity index is 533. The van der Waals surface area contributed by atoms with E-state index < -0.39 is 12.1 Å². The molecule has 1 heterocycles. The number of carbonyl (C=O) groups is 2. The van der Waals surface area contributed by atoms with Gasteiger partial charge in [-0.25, -0.2) is 0 Å². The molecule has 1 aromatic carbocycles. The molecule has 0 aliphatic carbocycles. The van der Waals surface area contributed by atoms with Gasteiger partial charge in [0.1, 0.15) is 12.1 Å². The first kappa shape index (κ1) is 14.1. The molecule has 1 saturated heterocycles.